The van der Waals surface area contributed by atoms with E-state index in [0.29, 0.717) is 51.1 Å². The van der Waals surface area contributed by atoms with Crippen LogP contribution in [-0.4, -0.2) is 17.4 Å². The number of carbonyl (C=O) groups excluding carboxylic acids is 1. The van der Waals surface area contributed by atoms with Crippen LogP contribution >= 0.6 is 11.8 Å². The zero-order chi connectivity index (χ0) is 22.2. The third kappa shape index (κ3) is 5.22. The lowest BCUT2D eigenvalue weighted by molar-refractivity contribution is -0.114. The molecular formula is C24H21N5OS. The summed E-state index contributed by atoms with van der Waals surface area (Å²) in [4.78, 5) is 15.9. The van der Waals surface area contributed by atoms with Crippen molar-refractivity contribution in [3.8, 4) is 23.3 Å². The van der Waals surface area contributed by atoms with Gasteiger partial charge in [-0.2, -0.15) is 10.5 Å². The maximum absolute atomic E-state index is 11.3. The van der Waals surface area contributed by atoms with Gasteiger partial charge in [-0.05, 0) is 30.2 Å². The molecule has 0 atom stereocenters. The fraction of sp³-hybridized carbons (Fsp3) is 0.167. The Balaban J connectivity index is 2.11. The number of thioether (sulfide) groups is 1. The Morgan fingerprint density at radius 3 is 2.29 bits per heavy atom. The van der Waals surface area contributed by atoms with Gasteiger partial charge in [0.25, 0.3) is 0 Å². The summed E-state index contributed by atoms with van der Waals surface area (Å²) in [6.45, 7) is 3.97. The van der Waals surface area contributed by atoms with Gasteiger partial charge in [-0.3, -0.25) is 4.79 Å². The van der Waals surface area contributed by atoms with Crippen molar-refractivity contribution in [1.82, 2.24) is 4.98 Å². The molecule has 3 aromatic rings. The van der Waals surface area contributed by atoms with Gasteiger partial charge in [0.2, 0.25) is 5.91 Å². The number of benzene rings is 2. The molecular weight excluding hydrogens is 406 g/mol. The Morgan fingerprint density at radius 1 is 1.03 bits per heavy atom. The number of hydrogen-bond acceptors (Lipinski definition) is 6. The number of rotatable bonds is 7. The maximum Gasteiger partial charge on any atom is 0.221 e. The van der Waals surface area contributed by atoms with Crippen LogP contribution in [0.15, 0.2) is 59.6 Å². The van der Waals surface area contributed by atoms with E-state index in [1.807, 2.05) is 37.3 Å². The van der Waals surface area contributed by atoms with E-state index in [9.17, 15) is 15.3 Å². The molecule has 0 aliphatic heterocycles. The topological polar surface area (TPSA) is 102 Å². The van der Waals surface area contributed by atoms with Gasteiger partial charge in [0.1, 0.15) is 28.5 Å². The van der Waals surface area contributed by atoms with E-state index in [-0.39, 0.29) is 5.91 Å². The number of hydrogen-bond donors (Lipinski definition) is 2. The number of amides is 1. The van der Waals surface area contributed by atoms with Gasteiger partial charge in [-0.15, -0.1) is 11.8 Å². The first-order valence-corrected chi connectivity index (χ1v) is 10.7. The van der Waals surface area contributed by atoms with E-state index in [1.54, 1.807) is 24.3 Å². The van der Waals surface area contributed by atoms with Gasteiger partial charge < -0.3 is 10.6 Å². The lowest BCUT2D eigenvalue weighted by Crippen LogP contribution is -2.07. The molecule has 7 heteroatoms. The number of anilines is 2. The largest absolute Gasteiger partial charge is 0.369 e. The van der Waals surface area contributed by atoms with Gasteiger partial charge in [0, 0.05) is 30.5 Å². The molecule has 0 aliphatic rings. The maximum atomic E-state index is 11.3. The summed E-state index contributed by atoms with van der Waals surface area (Å²) >= 11 is 1.46. The molecule has 0 unspecified atom stereocenters. The van der Waals surface area contributed by atoms with E-state index in [4.69, 9.17) is 0 Å². The van der Waals surface area contributed by atoms with Crippen LogP contribution < -0.4 is 10.6 Å². The standard InChI is InChI=1S/C24H21N5OS/c1-3-27-23-20(13-25)22(18-9-11-19(12-10-18)28-16(2)30)21(14-26)24(29-23)31-15-17-7-5-4-6-8-17/h4-12H,3,15H2,1-2H3,(H,27,29)(H,28,30). The Labute approximate surface area is 185 Å². The molecule has 3 rings (SSSR count). The van der Waals surface area contributed by atoms with Gasteiger partial charge in [0.15, 0.2) is 0 Å². The lowest BCUT2D eigenvalue weighted by Gasteiger charge is -2.16. The van der Waals surface area contributed by atoms with Gasteiger partial charge in [-0.25, -0.2) is 4.98 Å². The Kier molecular flexibility index (Phi) is 7.26. The van der Waals surface area contributed by atoms with Crippen molar-refractivity contribution in [2.24, 2.45) is 0 Å². The quantitative estimate of drug-likeness (QED) is 0.504. The highest BCUT2D eigenvalue weighted by molar-refractivity contribution is 7.98. The molecule has 0 spiro atoms. The zero-order valence-electron chi connectivity index (χ0n) is 17.3. The molecule has 0 bridgehead atoms. The predicted molar refractivity (Wildman–Crippen MR) is 124 cm³/mol. The second kappa shape index (κ2) is 10.3. The highest BCUT2D eigenvalue weighted by Crippen LogP contribution is 2.37. The molecule has 0 aliphatic carbocycles. The van der Waals surface area contributed by atoms with E-state index < -0.39 is 0 Å². The number of nitriles is 2. The highest BCUT2D eigenvalue weighted by atomic mass is 32.2. The summed E-state index contributed by atoms with van der Waals surface area (Å²) in [7, 11) is 0. The fourth-order valence-electron chi connectivity index (χ4n) is 3.11. The first-order valence-electron chi connectivity index (χ1n) is 9.74. The Bertz CT molecular complexity index is 1160. The second-order valence-electron chi connectivity index (χ2n) is 6.68. The summed E-state index contributed by atoms with van der Waals surface area (Å²) in [6.07, 6.45) is 0. The van der Waals surface area contributed by atoms with Crippen LogP contribution in [0.25, 0.3) is 11.1 Å². The normalized spacial score (nSPS) is 10.1. The van der Waals surface area contributed by atoms with Gasteiger partial charge >= 0.3 is 0 Å². The number of nitrogens with zero attached hydrogens (tertiary/aromatic N) is 3. The van der Waals surface area contributed by atoms with Crippen LogP contribution in [-0.2, 0) is 10.5 Å². The number of pyridine rings is 1. The van der Waals surface area contributed by atoms with Crippen molar-refractivity contribution in [3.05, 3.63) is 71.3 Å². The summed E-state index contributed by atoms with van der Waals surface area (Å²) in [5.41, 5.74) is 3.72. The van der Waals surface area contributed by atoms with Gasteiger partial charge in [0.05, 0.1) is 5.56 Å². The van der Waals surface area contributed by atoms with E-state index in [2.05, 4.69) is 27.8 Å². The molecule has 2 aromatic carbocycles. The minimum Gasteiger partial charge on any atom is -0.369 e. The monoisotopic (exact) mass is 427 g/mol. The minimum absolute atomic E-state index is 0.166. The minimum atomic E-state index is -0.166. The summed E-state index contributed by atoms with van der Waals surface area (Å²) < 4.78 is 0. The average Bonchev–Trinajstić information content (AvgIpc) is 2.78. The molecule has 1 aromatic heterocycles. The Hall–Kier alpha value is -3.81. The average molecular weight is 428 g/mol. The molecule has 1 heterocycles. The number of carbonyl (C=O) groups is 1. The molecule has 31 heavy (non-hydrogen) atoms. The van der Waals surface area contributed by atoms with Crippen molar-refractivity contribution in [2.45, 2.75) is 24.6 Å². The molecule has 0 fully saturated rings. The van der Waals surface area contributed by atoms with Gasteiger partial charge in [-0.1, -0.05) is 42.5 Å². The SMILES string of the molecule is CCNc1nc(SCc2ccccc2)c(C#N)c(-c2ccc(NC(C)=O)cc2)c1C#N. The number of aromatic nitrogens is 1. The van der Waals surface area contributed by atoms with E-state index in [1.165, 1.54) is 18.7 Å². The van der Waals surface area contributed by atoms with Crippen LogP contribution in [0.3, 0.4) is 0 Å². The molecule has 154 valence electrons. The summed E-state index contributed by atoms with van der Waals surface area (Å²) in [5.74, 6) is 0.947. The molecule has 2 N–H and O–H groups in total. The first-order chi connectivity index (χ1) is 15.1. The third-order valence-corrected chi connectivity index (χ3v) is 5.49. The molecule has 0 saturated heterocycles. The summed E-state index contributed by atoms with van der Waals surface area (Å²) in [5, 5.41) is 26.3. The third-order valence-electron chi connectivity index (χ3n) is 4.44. The Morgan fingerprint density at radius 2 is 1.71 bits per heavy atom. The molecule has 0 radical (unpaired) electrons. The van der Waals surface area contributed by atoms with Crippen LogP contribution in [0.4, 0.5) is 11.5 Å². The van der Waals surface area contributed by atoms with Crippen molar-refractivity contribution in [1.29, 1.82) is 10.5 Å². The summed E-state index contributed by atoms with van der Waals surface area (Å²) in [6, 6.07) is 21.5. The van der Waals surface area contributed by atoms with E-state index >= 15 is 0 Å². The van der Waals surface area contributed by atoms with E-state index in [0.717, 1.165) is 5.56 Å². The molecule has 1 amide bonds. The second-order valence-corrected chi connectivity index (χ2v) is 7.64. The van der Waals surface area contributed by atoms with Crippen LogP contribution in [0.2, 0.25) is 0 Å². The van der Waals surface area contributed by atoms with Crippen molar-refractivity contribution in [3.63, 3.8) is 0 Å². The molecule has 6 nitrogen and oxygen atoms in total. The van der Waals surface area contributed by atoms with Crippen LogP contribution in [0.5, 0.6) is 0 Å². The van der Waals surface area contributed by atoms with Crippen LogP contribution in [0.1, 0.15) is 30.5 Å². The van der Waals surface area contributed by atoms with Crippen molar-refractivity contribution >= 4 is 29.2 Å². The predicted octanol–water partition coefficient (Wildman–Crippen LogP) is 5.17. The van der Waals surface area contributed by atoms with Crippen molar-refractivity contribution < 1.29 is 4.79 Å². The lowest BCUT2D eigenvalue weighted by atomic mass is 9.96. The fourth-order valence-corrected chi connectivity index (χ4v) is 4.06. The highest BCUT2D eigenvalue weighted by Gasteiger charge is 2.21. The smallest absolute Gasteiger partial charge is 0.221 e. The zero-order valence-corrected chi connectivity index (χ0v) is 18.1. The number of nitrogens with one attached hydrogen (secondary N) is 2. The first kappa shape index (κ1) is 21.9. The molecule has 0 saturated carbocycles. The van der Waals surface area contributed by atoms with Crippen LogP contribution in [0, 0.1) is 22.7 Å². The van der Waals surface area contributed by atoms with Crippen molar-refractivity contribution in [2.75, 3.05) is 17.2 Å².